The topological polar surface area (TPSA) is 30.7 Å². The predicted octanol–water partition coefficient (Wildman–Crippen LogP) is 4.71. The van der Waals surface area contributed by atoms with Crippen LogP contribution in [0.25, 0.3) is 11.0 Å². The van der Waals surface area contributed by atoms with Crippen LogP contribution in [-0.2, 0) is 0 Å². The Morgan fingerprint density at radius 3 is 2.75 bits per heavy atom. The molecule has 2 atom stereocenters. The summed E-state index contributed by atoms with van der Waals surface area (Å²) < 4.78 is 2.21. The average Bonchev–Trinajstić information content (AvgIpc) is 3.06. The van der Waals surface area contributed by atoms with Crippen LogP contribution in [0.5, 0.6) is 0 Å². The molecule has 0 radical (unpaired) electrons. The minimum absolute atomic E-state index is 0.135. The molecule has 0 aliphatic heterocycles. The zero-order chi connectivity index (χ0) is 14.3. The van der Waals surface area contributed by atoms with Gasteiger partial charge in [0.05, 0.1) is 22.5 Å². The van der Waals surface area contributed by atoms with E-state index in [9.17, 15) is 0 Å². The Morgan fingerprint density at radius 1 is 1.30 bits per heavy atom. The molecule has 0 saturated carbocycles. The summed E-state index contributed by atoms with van der Waals surface area (Å²) in [7, 11) is 0. The molecule has 2 aromatic heterocycles. The SMILES string of the molecule is Cc1cccc2c1nc(C(C)Cl)n2C(C)c1nccs1. The smallest absolute Gasteiger partial charge is 0.128 e. The van der Waals surface area contributed by atoms with E-state index >= 15 is 0 Å². The predicted molar refractivity (Wildman–Crippen MR) is 84.7 cm³/mol. The molecule has 0 N–H and O–H groups in total. The second kappa shape index (κ2) is 5.19. The van der Waals surface area contributed by atoms with Crippen molar-refractivity contribution in [1.82, 2.24) is 14.5 Å². The molecule has 2 unspecified atom stereocenters. The van der Waals surface area contributed by atoms with Gasteiger partial charge in [0.25, 0.3) is 0 Å². The van der Waals surface area contributed by atoms with Gasteiger partial charge in [-0.15, -0.1) is 22.9 Å². The van der Waals surface area contributed by atoms with E-state index in [2.05, 4.69) is 41.6 Å². The van der Waals surface area contributed by atoms with Gasteiger partial charge in [0, 0.05) is 11.6 Å². The van der Waals surface area contributed by atoms with Crippen molar-refractivity contribution in [2.45, 2.75) is 32.2 Å². The minimum Gasteiger partial charge on any atom is -0.317 e. The number of halogens is 1. The minimum atomic E-state index is -0.135. The van der Waals surface area contributed by atoms with Gasteiger partial charge in [0.15, 0.2) is 0 Å². The first-order valence-corrected chi connectivity index (χ1v) is 7.92. The van der Waals surface area contributed by atoms with Crippen molar-refractivity contribution >= 4 is 34.0 Å². The molecule has 0 aliphatic carbocycles. The number of para-hydroxylation sites is 1. The van der Waals surface area contributed by atoms with Crippen molar-refractivity contribution in [1.29, 1.82) is 0 Å². The number of hydrogen-bond donors (Lipinski definition) is 0. The van der Waals surface area contributed by atoms with Crippen LogP contribution < -0.4 is 0 Å². The molecule has 0 amide bonds. The van der Waals surface area contributed by atoms with Crippen LogP contribution in [0.2, 0.25) is 0 Å². The number of imidazole rings is 1. The van der Waals surface area contributed by atoms with Crippen molar-refractivity contribution in [2.24, 2.45) is 0 Å². The molecule has 3 nitrogen and oxygen atoms in total. The normalized spacial score (nSPS) is 14.6. The monoisotopic (exact) mass is 305 g/mol. The summed E-state index contributed by atoms with van der Waals surface area (Å²) in [6.45, 7) is 6.19. The van der Waals surface area contributed by atoms with Crippen molar-refractivity contribution in [3.05, 3.63) is 46.2 Å². The van der Waals surface area contributed by atoms with Gasteiger partial charge in [0.1, 0.15) is 10.8 Å². The largest absolute Gasteiger partial charge is 0.317 e. The maximum Gasteiger partial charge on any atom is 0.128 e. The van der Waals surface area contributed by atoms with Crippen molar-refractivity contribution < 1.29 is 0 Å². The molecule has 0 fully saturated rings. The Balaban J connectivity index is 2.27. The molecule has 0 spiro atoms. The van der Waals surface area contributed by atoms with Crippen LogP contribution in [0.15, 0.2) is 29.8 Å². The lowest BCUT2D eigenvalue weighted by molar-refractivity contribution is 0.615. The highest BCUT2D eigenvalue weighted by atomic mass is 35.5. The molecule has 1 aromatic carbocycles. The summed E-state index contributed by atoms with van der Waals surface area (Å²) in [4.78, 5) is 9.18. The summed E-state index contributed by atoms with van der Waals surface area (Å²) >= 11 is 8.00. The first-order valence-electron chi connectivity index (χ1n) is 6.60. The van der Waals surface area contributed by atoms with Crippen LogP contribution in [0.4, 0.5) is 0 Å². The maximum atomic E-state index is 6.34. The summed E-state index contributed by atoms with van der Waals surface area (Å²) in [5, 5.41) is 2.94. The molecule has 2 heterocycles. The number of rotatable bonds is 3. The zero-order valence-corrected chi connectivity index (χ0v) is 13.2. The van der Waals surface area contributed by atoms with Crippen molar-refractivity contribution in [3.63, 3.8) is 0 Å². The Labute approximate surface area is 127 Å². The van der Waals surface area contributed by atoms with Gasteiger partial charge in [-0.25, -0.2) is 9.97 Å². The van der Waals surface area contributed by atoms with E-state index in [0.717, 1.165) is 21.9 Å². The second-order valence-corrected chi connectivity index (χ2v) is 6.53. The van der Waals surface area contributed by atoms with Gasteiger partial charge < -0.3 is 4.57 Å². The lowest BCUT2D eigenvalue weighted by Gasteiger charge is -2.16. The van der Waals surface area contributed by atoms with Crippen molar-refractivity contribution in [3.8, 4) is 0 Å². The van der Waals surface area contributed by atoms with Crippen LogP contribution in [0.3, 0.4) is 0 Å². The van der Waals surface area contributed by atoms with Gasteiger partial charge in [-0.3, -0.25) is 0 Å². The van der Waals surface area contributed by atoms with Crippen molar-refractivity contribution in [2.75, 3.05) is 0 Å². The fourth-order valence-corrected chi connectivity index (χ4v) is 3.35. The third-order valence-corrected chi connectivity index (χ3v) is 4.64. The fraction of sp³-hybridized carbons (Fsp3) is 0.333. The van der Waals surface area contributed by atoms with Gasteiger partial charge >= 0.3 is 0 Å². The summed E-state index contributed by atoms with van der Waals surface area (Å²) in [6, 6.07) is 6.38. The molecule has 5 heteroatoms. The van der Waals surface area contributed by atoms with Gasteiger partial charge in [-0.1, -0.05) is 12.1 Å². The Morgan fingerprint density at radius 2 is 2.10 bits per heavy atom. The summed E-state index contributed by atoms with van der Waals surface area (Å²) in [5.74, 6) is 0.902. The molecule has 0 saturated heterocycles. The third-order valence-electron chi connectivity index (χ3n) is 3.50. The first-order chi connectivity index (χ1) is 9.59. The fourth-order valence-electron chi connectivity index (χ4n) is 2.51. The highest BCUT2D eigenvalue weighted by Crippen LogP contribution is 2.32. The zero-order valence-electron chi connectivity index (χ0n) is 11.7. The van der Waals surface area contributed by atoms with E-state index in [1.807, 2.05) is 18.5 Å². The van der Waals surface area contributed by atoms with E-state index in [1.165, 1.54) is 5.56 Å². The van der Waals surface area contributed by atoms with Gasteiger partial charge in [-0.05, 0) is 32.4 Å². The molecular formula is C15H16ClN3S. The Hall–Kier alpha value is -1.39. The van der Waals surface area contributed by atoms with Gasteiger partial charge in [0.2, 0.25) is 0 Å². The van der Waals surface area contributed by atoms with E-state index in [1.54, 1.807) is 11.3 Å². The van der Waals surface area contributed by atoms with E-state index < -0.39 is 0 Å². The average molecular weight is 306 g/mol. The number of benzene rings is 1. The molecule has 0 aliphatic rings. The number of alkyl halides is 1. The Kier molecular flexibility index (Phi) is 3.52. The molecular weight excluding hydrogens is 290 g/mol. The van der Waals surface area contributed by atoms with Crippen LogP contribution in [-0.4, -0.2) is 14.5 Å². The number of nitrogens with zero attached hydrogens (tertiary/aromatic N) is 3. The molecule has 104 valence electrons. The summed E-state index contributed by atoms with van der Waals surface area (Å²) in [5.41, 5.74) is 3.32. The number of aromatic nitrogens is 3. The maximum absolute atomic E-state index is 6.34. The highest BCUT2D eigenvalue weighted by Gasteiger charge is 2.21. The number of fused-ring (bicyclic) bond motifs is 1. The van der Waals surface area contributed by atoms with Crippen LogP contribution >= 0.6 is 22.9 Å². The lowest BCUT2D eigenvalue weighted by atomic mass is 10.2. The quantitative estimate of drug-likeness (QED) is 0.656. The standard InChI is InChI=1S/C15H16ClN3S/c1-9-5-4-6-12-13(9)18-14(10(2)16)19(12)11(3)15-17-7-8-20-15/h4-8,10-11H,1-3H3. The van der Waals surface area contributed by atoms with E-state index in [0.29, 0.717) is 0 Å². The molecule has 0 bridgehead atoms. The highest BCUT2D eigenvalue weighted by molar-refractivity contribution is 7.09. The van der Waals surface area contributed by atoms with E-state index in [-0.39, 0.29) is 11.4 Å². The lowest BCUT2D eigenvalue weighted by Crippen LogP contribution is -2.11. The number of thiazole rings is 1. The second-order valence-electron chi connectivity index (χ2n) is 4.94. The number of aryl methyl sites for hydroxylation is 1. The van der Waals surface area contributed by atoms with Gasteiger partial charge in [-0.2, -0.15) is 0 Å². The Bertz CT molecular complexity index is 731. The van der Waals surface area contributed by atoms with Crippen LogP contribution in [0, 0.1) is 6.92 Å². The number of hydrogen-bond acceptors (Lipinski definition) is 3. The molecule has 20 heavy (non-hydrogen) atoms. The first kappa shape index (κ1) is 13.6. The van der Waals surface area contributed by atoms with E-state index in [4.69, 9.17) is 16.6 Å². The molecule has 3 aromatic rings. The third kappa shape index (κ3) is 2.13. The molecule has 3 rings (SSSR count). The summed E-state index contributed by atoms with van der Waals surface area (Å²) in [6.07, 6.45) is 1.84. The van der Waals surface area contributed by atoms with Crippen LogP contribution in [0.1, 0.15) is 41.7 Å².